The summed E-state index contributed by atoms with van der Waals surface area (Å²) in [4.78, 5) is 11.3. The number of thioether (sulfide) groups is 1. The second-order valence-corrected chi connectivity index (χ2v) is 5.69. The van der Waals surface area contributed by atoms with Crippen LogP contribution in [-0.4, -0.2) is 41.6 Å². The first-order valence-corrected chi connectivity index (χ1v) is 7.38. The van der Waals surface area contributed by atoms with Crippen molar-refractivity contribution >= 4 is 17.7 Å². The molecular formula is C14H18O4S. The molecule has 2 unspecified atom stereocenters. The Morgan fingerprint density at radius 3 is 2.84 bits per heavy atom. The van der Waals surface area contributed by atoms with E-state index in [1.807, 2.05) is 30.3 Å². The number of carboxylic acid groups (broad SMARTS) is 1. The molecular weight excluding hydrogens is 264 g/mol. The first kappa shape index (κ1) is 14.4. The minimum Gasteiger partial charge on any atom is -0.480 e. The van der Waals surface area contributed by atoms with Gasteiger partial charge in [0.1, 0.15) is 12.0 Å². The molecule has 1 aromatic carbocycles. The summed E-state index contributed by atoms with van der Waals surface area (Å²) < 4.78 is 10.5. The van der Waals surface area contributed by atoms with Gasteiger partial charge >= 0.3 is 5.97 Å². The van der Waals surface area contributed by atoms with E-state index in [1.165, 1.54) is 11.8 Å². The molecule has 2 atom stereocenters. The molecule has 0 bridgehead atoms. The minimum absolute atomic E-state index is 0.108. The molecule has 4 nitrogen and oxygen atoms in total. The largest absolute Gasteiger partial charge is 0.480 e. The molecule has 1 aromatic rings. The van der Waals surface area contributed by atoms with Crippen LogP contribution in [0.25, 0.3) is 0 Å². The highest BCUT2D eigenvalue weighted by atomic mass is 32.2. The van der Waals surface area contributed by atoms with Crippen LogP contribution in [0.15, 0.2) is 30.3 Å². The molecule has 5 heteroatoms. The van der Waals surface area contributed by atoms with Crippen molar-refractivity contribution in [2.24, 2.45) is 0 Å². The lowest BCUT2D eigenvalue weighted by Crippen LogP contribution is -2.28. The normalized spacial score (nSPS) is 20.9. The van der Waals surface area contributed by atoms with Gasteiger partial charge in [0.05, 0.1) is 12.7 Å². The molecule has 0 saturated carbocycles. The molecule has 104 valence electrons. The summed E-state index contributed by atoms with van der Waals surface area (Å²) in [5.74, 6) is -0.0615. The zero-order valence-electron chi connectivity index (χ0n) is 10.7. The van der Waals surface area contributed by atoms with Crippen LogP contribution in [0, 0.1) is 0 Å². The number of carboxylic acids is 1. The Hall–Kier alpha value is -1.04. The van der Waals surface area contributed by atoms with Crippen molar-refractivity contribution in [1.82, 2.24) is 0 Å². The van der Waals surface area contributed by atoms with Gasteiger partial charge in [-0.15, -0.1) is 11.8 Å². The fourth-order valence-corrected chi connectivity index (χ4v) is 3.06. The van der Waals surface area contributed by atoms with Gasteiger partial charge in [-0.25, -0.2) is 0 Å². The van der Waals surface area contributed by atoms with Gasteiger partial charge in [-0.1, -0.05) is 30.3 Å². The van der Waals surface area contributed by atoms with E-state index in [0.29, 0.717) is 25.6 Å². The van der Waals surface area contributed by atoms with E-state index in [-0.39, 0.29) is 6.10 Å². The highest BCUT2D eigenvalue weighted by Crippen LogP contribution is 2.21. The average molecular weight is 282 g/mol. The highest BCUT2D eigenvalue weighted by molar-refractivity contribution is 8.00. The van der Waals surface area contributed by atoms with Crippen LogP contribution in [0.1, 0.15) is 12.0 Å². The molecule has 1 aliphatic rings. The molecule has 19 heavy (non-hydrogen) atoms. The Bertz CT molecular complexity index is 390. The summed E-state index contributed by atoms with van der Waals surface area (Å²) in [6.45, 7) is 1.02. The molecule has 1 fully saturated rings. The lowest BCUT2D eigenvalue weighted by Gasteiger charge is -2.23. The van der Waals surface area contributed by atoms with Gasteiger partial charge < -0.3 is 14.6 Å². The number of hydrogen-bond donors (Lipinski definition) is 1. The molecule has 0 aliphatic carbocycles. The predicted octanol–water partition coefficient (Wildman–Crippen LogP) is 2.18. The number of hydrogen-bond acceptors (Lipinski definition) is 4. The number of ether oxygens (including phenoxy) is 2. The van der Waals surface area contributed by atoms with Gasteiger partial charge in [-0.05, 0) is 18.4 Å². The number of benzene rings is 1. The molecule has 1 N–H and O–H groups in total. The highest BCUT2D eigenvalue weighted by Gasteiger charge is 2.22. The van der Waals surface area contributed by atoms with E-state index in [9.17, 15) is 9.90 Å². The third-order valence-corrected chi connectivity index (χ3v) is 4.33. The van der Waals surface area contributed by atoms with E-state index >= 15 is 0 Å². The Kier molecular flexibility index (Phi) is 5.69. The van der Waals surface area contributed by atoms with E-state index in [1.54, 1.807) is 0 Å². The van der Waals surface area contributed by atoms with Gasteiger partial charge in [0, 0.05) is 5.75 Å². The molecule has 1 heterocycles. The summed E-state index contributed by atoms with van der Waals surface area (Å²) in [5, 5.41) is 8.86. The number of rotatable bonds is 6. The Labute approximate surface area is 117 Å². The zero-order chi connectivity index (χ0) is 13.5. The van der Waals surface area contributed by atoms with E-state index in [4.69, 9.17) is 9.47 Å². The standard InChI is InChI=1S/C14H18O4S/c15-14(16)13(8-11-4-2-1-3-5-11)19-9-12-6-7-17-10-18-12/h1-5,12-13H,6-10H2,(H,15,16). The third kappa shape index (κ3) is 4.86. The molecule has 0 spiro atoms. The second-order valence-electron chi connectivity index (χ2n) is 4.45. The Morgan fingerprint density at radius 1 is 1.42 bits per heavy atom. The van der Waals surface area contributed by atoms with Crippen molar-refractivity contribution in [1.29, 1.82) is 0 Å². The molecule has 0 amide bonds. The molecule has 1 aliphatic heterocycles. The van der Waals surface area contributed by atoms with Crippen molar-refractivity contribution in [2.75, 3.05) is 19.2 Å². The van der Waals surface area contributed by atoms with Gasteiger partial charge in [0.15, 0.2) is 0 Å². The monoisotopic (exact) mass is 282 g/mol. The van der Waals surface area contributed by atoms with Crippen LogP contribution in [0.4, 0.5) is 0 Å². The maximum absolute atomic E-state index is 11.3. The third-order valence-electron chi connectivity index (χ3n) is 2.99. The first-order valence-electron chi connectivity index (χ1n) is 6.33. The summed E-state index contributed by atoms with van der Waals surface area (Å²) in [7, 11) is 0. The van der Waals surface area contributed by atoms with E-state index in [2.05, 4.69) is 0 Å². The quantitative estimate of drug-likeness (QED) is 0.866. The van der Waals surface area contributed by atoms with Crippen molar-refractivity contribution in [3.63, 3.8) is 0 Å². The van der Waals surface area contributed by atoms with Crippen LogP contribution < -0.4 is 0 Å². The summed E-state index contributed by atoms with van der Waals surface area (Å²) >= 11 is 1.45. The maximum Gasteiger partial charge on any atom is 0.316 e. The molecule has 0 aromatic heterocycles. The van der Waals surface area contributed by atoms with Crippen LogP contribution >= 0.6 is 11.8 Å². The lowest BCUT2D eigenvalue weighted by atomic mass is 10.1. The fourth-order valence-electron chi connectivity index (χ4n) is 1.90. The van der Waals surface area contributed by atoms with Gasteiger partial charge in [0.25, 0.3) is 0 Å². The molecule has 1 saturated heterocycles. The Balaban J connectivity index is 1.84. The predicted molar refractivity (Wildman–Crippen MR) is 74.3 cm³/mol. The average Bonchev–Trinajstić information content (AvgIpc) is 2.45. The lowest BCUT2D eigenvalue weighted by molar-refractivity contribution is -0.136. The summed E-state index contributed by atoms with van der Waals surface area (Å²) in [6.07, 6.45) is 1.49. The topological polar surface area (TPSA) is 55.8 Å². The van der Waals surface area contributed by atoms with Gasteiger partial charge in [-0.3, -0.25) is 4.79 Å². The molecule has 2 rings (SSSR count). The Morgan fingerprint density at radius 2 is 2.21 bits per heavy atom. The smallest absolute Gasteiger partial charge is 0.316 e. The maximum atomic E-state index is 11.3. The molecule has 0 radical (unpaired) electrons. The number of aliphatic carboxylic acids is 1. The van der Waals surface area contributed by atoms with Crippen molar-refractivity contribution in [3.05, 3.63) is 35.9 Å². The van der Waals surface area contributed by atoms with Crippen molar-refractivity contribution in [2.45, 2.75) is 24.2 Å². The number of carbonyl (C=O) groups is 1. The van der Waals surface area contributed by atoms with Crippen LogP contribution in [-0.2, 0) is 20.7 Å². The van der Waals surface area contributed by atoms with E-state index in [0.717, 1.165) is 12.0 Å². The van der Waals surface area contributed by atoms with Crippen LogP contribution in [0.3, 0.4) is 0 Å². The van der Waals surface area contributed by atoms with Crippen molar-refractivity contribution in [3.8, 4) is 0 Å². The van der Waals surface area contributed by atoms with Crippen LogP contribution in [0.2, 0.25) is 0 Å². The first-order chi connectivity index (χ1) is 9.25. The van der Waals surface area contributed by atoms with Crippen molar-refractivity contribution < 1.29 is 19.4 Å². The van der Waals surface area contributed by atoms with Crippen LogP contribution in [0.5, 0.6) is 0 Å². The van der Waals surface area contributed by atoms with Gasteiger partial charge in [0.2, 0.25) is 0 Å². The second kappa shape index (κ2) is 7.53. The van der Waals surface area contributed by atoms with E-state index < -0.39 is 11.2 Å². The zero-order valence-corrected chi connectivity index (χ0v) is 11.5. The summed E-state index contributed by atoms with van der Waals surface area (Å²) in [6, 6.07) is 9.71. The summed E-state index contributed by atoms with van der Waals surface area (Å²) in [5.41, 5.74) is 1.05. The van der Waals surface area contributed by atoms with Gasteiger partial charge in [-0.2, -0.15) is 0 Å². The fraction of sp³-hybridized carbons (Fsp3) is 0.500. The minimum atomic E-state index is -0.763. The SMILES string of the molecule is O=C(O)C(Cc1ccccc1)SCC1CCOCO1.